The number of carboxylic acid groups (broad SMARTS) is 1. The van der Waals surface area contributed by atoms with Gasteiger partial charge in [-0.15, -0.1) is 0 Å². The first-order valence-corrected chi connectivity index (χ1v) is 6.14. The minimum Gasteiger partial charge on any atom is -0.478 e. The van der Waals surface area contributed by atoms with E-state index in [1.165, 1.54) is 6.07 Å². The average Bonchev–Trinajstić information content (AvgIpc) is 2.81. The minimum atomic E-state index is -1.000. The number of aromatic amines is 1. The number of fused-ring (bicyclic) bond motifs is 4. The van der Waals surface area contributed by atoms with Crippen molar-refractivity contribution >= 4 is 39.1 Å². The van der Waals surface area contributed by atoms with Crippen LogP contribution in [0.1, 0.15) is 10.4 Å². The molecular formula is C15H9N3O2. The van der Waals surface area contributed by atoms with Crippen LogP contribution >= 0.6 is 0 Å². The second kappa shape index (κ2) is 3.77. The summed E-state index contributed by atoms with van der Waals surface area (Å²) >= 11 is 0. The molecule has 0 atom stereocenters. The summed E-state index contributed by atoms with van der Waals surface area (Å²) in [5.41, 5.74) is 3.45. The van der Waals surface area contributed by atoms with Gasteiger partial charge in [0.15, 0.2) is 5.65 Å². The van der Waals surface area contributed by atoms with E-state index < -0.39 is 5.97 Å². The molecule has 96 valence electrons. The van der Waals surface area contributed by atoms with Crippen LogP contribution in [0.5, 0.6) is 0 Å². The zero-order chi connectivity index (χ0) is 13.7. The first-order chi connectivity index (χ1) is 9.74. The highest BCUT2D eigenvalue weighted by molar-refractivity contribution is 6.08. The maximum absolute atomic E-state index is 11.2. The number of nitrogens with zero attached hydrogens (tertiary/aromatic N) is 2. The molecule has 2 heterocycles. The maximum atomic E-state index is 11.2. The second-order valence-electron chi connectivity index (χ2n) is 4.57. The van der Waals surface area contributed by atoms with Gasteiger partial charge >= 0.3 is 5.97 Å². The fourth-order valence-corrected chi connectivity index (χ4v) is 2.45. The molecule has 0 bridgehead atoms. The summed E-state index contributed by atoms with van der Waals surface area (Å²) in [5.74, 6) is -1.000. The van der Waals surface area contributed by atoms with Gasteiger partial charge in [0.05, 0.1) is 11.1 Å². The number of rotatable bonds is 1. The molecule has 0 saturated carbocycles. The van der Waals surface area contributed by atoms with Crippen molar-refractivity contribution in [3.8, 4) is 0 Å². The van der Waals surface area contributed by atoms with Gasteiger partial charge in [-0.25, -0.2) is 14.8 Å². The van der Waals surface area contributed by atoms with Crippen LogP contribution in [0.2, 0.25) is 0 Å². The number of carboxylic acids is 1. The number of para-hydroxylation sites is 2. The molecule has 0 radical (unpaired) electrons. The third-order valence-corrected chi connectivity index (χ3v) is 3.36. The first kappa shape index (κ1) is 10.9. The van der Waals surface area contributed by atoms with E-state index in [0.717, 1.165) is 16.4 Å². The Kier molecular flexibility index (Phi) is 2.06. The van der Waals surface area contributed by atoms with E-state index in [0.29, 0.717) is 16.7 Å². The Morgan fingerprint density at radius 3 is 2.70 bits per heavy atom. The van der Waals surface area contributed by atoms with Crippen molar-refractivity contribution in [3.63, 3.8) is 0 Å². The molecule has 0 aliphatic rings. The maximum Gasteiger partial charge on any atom is 0.337 e. The van der Waals surface area contributed by atoms with Crippen LogP contribution in [-0.2, 0) is 0 Å². The molecule has 2 aromatic carbocycles. The van der Waals surface area contributed by atoms with Gasteiger partial charge in [0, 0.05) is 10.9 Å². The van der Waals surface area contributed by atoms with Crippen LogP contribution < -0.4 is 0 Å². The van der Waals surface area contributed by atoms with Crippen LogP contribution in [0.15, 0.2) is 42.5 Å². The zero-order valence-corrected chi connectivity index (χ0v) is 10.3. The topological polar surface area (TPSA) is 78.9 Å². The summed E-state index contributed by atoms with van der Waals surface area (Å²) in [5, 5.41) is 10.2. The van der Waals surface area contributed by atoms with Crippen molar-refractivity contribution in [2.45, 2.75) is 0 Å². The highest BCUT2D eigenvalue weighted by atomic mass is 16.4. The highest BCUT2D eigenvalue weighted by Crippen LogP contribution is 2.25. The Labute approximate surface area is 112 Å². The molecule has 0 saturated heterocycles. The summed E-state index contributed by atoms with van der Waals surface area (Å²) in [6.07, 6.45) is 0. The van der Waals surface area contributed by atoms with Gasteiger partial charge in [0.2, 0.25) is 0 Å². The largest absolute Gasteiger partial charge is 0.478 e. The van der Waals surface area contributed by atoms with Gasteiger partial charge in [-0.05, 0) is 18.2 Å². The summed E-state index contributed by atoms with van der Waals surface area (Å²) in [6, 6.07) is 12.8. The second-order valence-corrected chi connectivity index (χ2v) is 4.57. The summed E-state index contributed by atoms with van der Waals surface area (Å²) < 4.78 is 0. The lowest BCUT2D eigenvalue weighted by atomic mass is 10.1. The molecule has 5 heteroatoms. The number of benzene rings is 2. The van der Waals surface area contributed by atoms with Gasteiger partial charge in [-0.3, -0.25) is 0 Å². The Morgan fingerprint density at radius 2 is 1.85 bits per heavy atom. The number of hydrogen-bond donors (Lipinski definition) is 2. The van der Waals surface area contributed by atoms with Gasteiger partial charge in [-0.1, -0.05) is 24.3 Å². The van der Waals surface area contributed by atoms with E-state index in [1.807, 2.05) is 24.3 Å². The normalized spacial score (nSPS) is 11.4. The molecule has 20 heavy (non-hydrogen) atoms. The Hall–Kier alpha value is -2.95. The van der Waals surface area contributed by atoms with Crippen molar-refractivity contribution in [1.82, 2.24) is 15.0 Å². The van der Waals surface area contributed by atoms with Crippen molar-refractivity contribution in [2.24, 2.45) is 0 Å². The highest BCUT2D eigenvalue weighted by Gasteiger charge is 2.13. The van der Waals surface area contributed by atoms with Crippen molar-refractivity contribution in [3.05, 3.63) is 48.0 Å². The van der Waals surface area contributed by atoms with E-state index in [4.69, 9.17) is 0 Å². The van der Waals surface area contributed by atoms with E-state index in [9.17, 15) is 9.90 Å². The van der Waals surface area contributed by atoms with Crippen LogP contribution in [0, 0.1) is 0 Å². The summed E-state index contributed by atoms with van der Waals surface area (Å²) in [4.78, 5) is 23.4. The molecule has 4 aromatic rings. The van der Waals surface area contributed by atoms with Gasteiger partial charge in [0.25, 0.3) is 0 Å². The summed E-state index contributed by atoms with van der Waals surface area (Å²) in [6.45, 7) is 0. The molecule has 5 nitrogen and oxygen atoms in total. The number of H-pyrrole nitrogens is 1. The Morgan fingerprint density at radius 1 is 1.00 bits per heavy atom. The first-order valence-electron chi connectivity index (χ1n) is 6.14. The third-order valence-electron chi connectivity index (χ3n) is 3.36. The van der Waals surface area contributed by atoms with Crippen molar-refractivity contribution in [2.75, 3.05) is 0 Å². The molecule has 0 aliphatic heterocycles. The Balaban J connectivity index is 2.21. The smallest absolute Gasteiger partial charge is 0.337 e. The molecule has 2 aromatic heterocycles. The molecule has 0 spiro atoms. The average molecular weight is 263 g/mol. The van der Waals surface area contributed by atoms with Crippen LogP contribution in [0.4, 0.5) is 0 Å². The fourth-order valence-electron chi connectivity index (χ4n) is 2.45. The van der Waals surface area contributed by atoms with Crippen LogP contribution in [0.25, 0.3) is 33.1 Å². The Bertz CT molecular complexity index is 988. The molecule has 0 fully saturated rings. The van der Waals surface area contributed by atoms with E-state index >= 15 is 0 Å². The van der Waals surface area contributed by atoms with Crippen LogP contribution in [0.3, 0.4) is 0 Å². The van der Waals surface area contributed by atoms with E-state index in [1.54, 1.807) is 12.1 Å². The molecular weight excluding hydrogens is 254 g/mol. The standard InChI is InChI=1S/C15H9N3O2/c19-15(20)9-5-3-7-11-12(9)18-14-13(16-11)8-4-1-2-6-10(8)17-14/h1-7H,(H,17,18)(H,19,20). The zero-order valence-electron chi connectivity index (χ0n) is 10.3. The lowest BCUT2D eigenvalue weighted by Crippen LogP contribution is -1.99. The monoisotopic (exact) mass is 263 g/mol. The van der Waals surface area contributed by atoms with E-state index in [-0.39, 0.29) is 5.56 Å². The fraction of sp³-hybridized carbons (Fsp3) is 0. The van der Waals surface area contributed by atoms with Crippen molar-refractivity contribution < 1.29 is 9.90 Å². The number of carbonyl (C=O) groups is 1. The predicted octanol–water partition coefficient (Wildman–Crippen LogP) is 2.96. The van der Waals surface area contributed by atoms with E-state index in [2.05, 4.69) is 15.0 Å². The molecule has 4 rings (SSSR count). The predicted molar refractivity (Wildman–Crippen MR) is 75.9 cm³/mol. The lowest BCUT2D eigenvalue weighted by molar-refractivity contribution is 0.0699. The summed E-state index contributed by atoms with van der Waals surface area (Å²) in [7, 11) is 0. The number of hydrogen-bond acceptors (Lipinski definition) is 3. The molecule has 0 unspecified atom stereocenters. The quantitative estimate of drug-likeness (QED) is 0.553. The molecule has 2 N–H and O–H groups in total. The number of aromatic carboxylic acids is 1. The third kappa shape index (κ3) is 1.40. The lowest BCUT2D eigenvalue weighted by Gasteiger charge is -2.01. The number of nitrogens with one attached hydrogen (secondary N) is 1. The minimum absolute atomic E-state index is 0.163. The van der Waals surface area contributed by atoms with Crippen LogP contribution in [-0.4, -0.2) is 26.0 Å². The van der Waals surface area contributed by atoms with Gasteiger partial charge in [0.1, 0.15) is 11.0 Å². The SMILES string of the molecule is O=C(O)c1cccc2nc3c(nc12)[nH]c1ccccc13. The molecule has 0 amide bonds. The van der Waals surface area contributed by atoms with Gasteiger partial charge < -0.3 is 10.1 Å². The molecule has 0 aliphatic carbocycles. The van der Waals surface area contributed by atoms with Gasteiger partial charge in [-0.2, -0.15) is 0 Å². The number of aromatic nitrogens is 3. The van der Waals surface area contributed by atoms with Crippen molar-refractivity contribution in [1.29, 1.82) is 0 Å².